The summed E-state index contributed by atoms with van der Waals surface area (Å²) in [6.45, 7) is 4.61. The minimum absolute atomic E-state index is 0.243. The predicted octanol–water partition coefficient (Wildman–Crippen LogP) is 2.94. The van der Waals surface area contributed by atoms with Crippen LogP contribution in [0.1, 0.15) is 38.8 Å². The summed E-state index contributed by atoms with van der Waals surface area (Å²) >= 11 is 0. The third-order valence-electron chi connectivity index (χ3n) is 2.72. The molecule has 1 saturated carbocycles. The van der Waals surface area contributed by atoms with Gasteiger partial charge in [0.2, 0.25) is 0 Å². The number of nitrogens with zero attached hydrogens (tertiary/aromatic N) is 1. The maximum Gasteiger partial charge on any atom is 0.138 e. The largest absolute Gasteiger partial charge is 0.489 e. The Hall–Kier alpha value is -1.09. The highest BCUT2D eigenvalue weighted by Gasteiger charge is 2.18. The first-order valence-corrected chi connectivity index (χ1v) is 5.97. The van der Waals surface area contributed by atoms with E-state index in [2.05, 4.69) is 4.98 Å². The lowest BCUT2D eigenvalue weighted by molar-refractivity contribution is 0.0634. The Morgan fingerprint density at radius 2 is 2.19 bits per heavy atom. The van der Waals surface area contributed by atoms with Crippen LogP contribution >= 0.6 is 0 Å². The fourth-order valence-electron chi connectivity index (χ4n) is 1.50. The van der Waals surface area contributed by atoms with E-state index in [1.54, 1.807) is 6.20 Å². The molecule has 0 spiro atoms. The molecule has 3 heteroatoms. The van der Waals surface area contributed by atoms with E-state index in [1.165, 1.54) is 19.3 Å². The molecule has 1 heterocycles. The SMILES string of the molecule is CC(C)OCc1ccc(OC2CCC2)cn1. The van der Waals surface area contributed by atoms with E-state index in [-0.39, 0.29) is 6.10 Å². The molecule has 16 heavy (non-hydrogen) atoms. The second-order valence-electron chi connectivity index (χ2n) is 4.52. The lowest BCUT2D eigenvalue weighted by Crippen LogP contribution is -2.24. The van der Waals surface area contributed by atoms with Crippen LogP contribution in [0.3, 0.4) is 0 Å². The van der Waals surface area contributed by atoms with Crippen molar-refractivity contribution in [3.05, 3.63) is 24.0 Å². The van der Waals surface area contributed by atoms with E-state index >= 15 is 0 Å². The molecule has 0 aromatic carbocycles. The van der Waals surface area contributed by atoms with Gasteiger partial charge in [0, 0.05) is 0 Å². The molecular formula is C13H19NO2. The lowest BCUT2D eigenvalue weighted by atomic mass is 9.96. The predicted molar refractivity (Wildman–Crippen MR) is 62.4 cm³/mol. The summed E-state index contributed by atoms with van der Waals surface area (Å²) in [6.07, 6.45) is 6.10. The van der Waals surface area contributed by atoms with E-state index in [4.69, 9.17) is 9.47 Å². The topological polar surface area (TPSA) is 31.4 Å². The Labute approximate surface area is 96.8 Å². The Kier molecular flexibility index (Phi) is 3.78. The van der Waals surface area contributed by atoms with Gasteiger partial charge in [0.1, 0.15) is 5.75 Å². The van der Waals surface area contributed by atoms with Gasteiger partial charge in [-0.05, 0) is 45.2 Å². The van der Waals surface area contributed by atoms with Crippen molar-refractivity contribution in [1.29, 1.82) is 0 Å². The quantitative estimate of drug-likeness (QED) is 0.766. The van der Waals surface area contributed by atoms with Crippen molar-refractivity contribution in [2.75, 3.05) is 0 Å². The third-order valence-corrected chi connectivity index (χ3v) is 2.72. The first kappa shape index (κ1) is 11.4. The number of aromatic nitrogens is 1. The van der Waals surface area contributed by atoms with Gasteiger partial charge >= 0.3 is 0 Å². The lowest BCUT2D eigenvalue weighted by Gasteiger charge is -2.26. The number of rotatable bonds is 5. The van der Waals surface area contributed by atoms with Crippen molar-refractivity contribution in [2.45, 2.75) is 51.9 Å². The fourth-order valence-corrected chi connectivity index (χ4v) is 1.50. The Bertz CT molecular complexity index is 317. The maximum absolute atomic E-state index is 5.73. The van der Waals surface area contributed by atoms with E-state index < -0.39 is 0 Å². The zero-order chi connectivity index (χ0) is 11.4. The minimum Gasteiger partial charge on any atom is -0.489 e. The molecule has 3 nitrogen and oxygen atoms in total. The van der Waals surface area contributed by atoms with E-state index in [0.29, 0.717) is 12.7 Å². The molecule has 0 radical (unpaired) electrons. The molecule has 0 aliphatic heterocycles. The Morgan fingerprint density at radius 3 is 2.69 bits per heavy atom. The first-order valence-electron chi connectivity index (χ1n) is 5.97. The number of hydrogen-bond donors (Lipinski definition) is 0. The van der Waals surface area contributed by atoms with Gasteiger partial charge < -0.3 is 9.47 Å². The molecule has 0 atom stereocenters. The van der Waals surface area contributed by atoms with Crippen LogP contribution in [0.15, 0.2) is 18.3 Å². The average molecular weight is 221 g/mol. The highest BCUT2D eigenvalue weighted by Crippen LogP contribution is 2.24. The van der Waals surface area contributed by atoms with Crippen molar-refractivity contribution < 1.29 is 9.47 Å². The number of ether oxygens (including phenoxy) is 2. The van der Waals surface area contributed by atoms with Crippen molar-refractivity contribution in [3.8, 4) is 5.75 Å². The zero-order valence-corrected chi connectivity index (χ0v) is 9.98. The van der Waals surface area contributed by atoms with Gasteiger partial charge in [-0.25, -0.2) is 0 Å². The van der Waals surface area contributed by atoms with Crippen LogP contribution in [0.4, 0.5) is 0 Å². The molecule has 0 N–H and O–H groups in total. The first-order chi connectivity index (χ1) is 7.74. The van der Waals surface area contributed by atoms with Gasteiger partial charge in [-0.3, -0.25) is 4.98 Å². The van der Waals surface area contributed by atoms with Crippen molar-refractivity contribution in [1.82, 2.24) is 4.98 Å². The highest BCUT2D eigenvalue weighted by atomic mass is 16.5. The van der Waals surface area contributed by atoms with E-state index in [1.807, 2.05) is 26.0 Å². The molecule has 1 aromatic heterocycles. The third kappa shape index (κ3) is 3.20. The summed E-state index contributed by atoms with van der Waals surface area (Å²) in [4.78, 5) is 4.31. The van der Waals surface area contributed by atoms with Crippen LogP contribution in [-0.4, -0.2) is 17.2 Å². The minimum atomic E-state index is 0.243. The fraction of sp³-hybridized carbons (Fsp3) is 0.615. The molecule has 1 aromatic rings. The summed E-state index contributed by atoms with van der Waals surface area (Å²) in [5, 5.41) is 0. The van der Waals surface area contributed by atoms with Gasteiger partial charge in [0.15, 0.2) is 0 Å². The molecule has 0 saturated heterocycles. The molecule has 1 aliphatic carbocycles. The molecule has 1 aliphatic rings. The zero-order valence-electron chi connectivity index (χ0n) is 9.98. The molecular weight excluding hydrogens is 202 g/mol. The van der Waals surface area contributed by atoms with Crippen molar-refractivity contribution >= 4 is 0 Å². The second-order valence-corrected chi connectivity index (χ2v) is 4.52. The Balaban J connectivity index is 1.83. The normalized spacial score (nSPS) is 16.2. The average Bonchev–Trinajstić information content (AvgIpc) is 2.22. The van der Waals surface area contributed by atoms with Crippen molar-refractivity contribution in [2.24, 2.45) is 0 Å². The summed E-state index contributed by atoms with van der Waals surface area (Å²) < 4.78 is 11.2. The molecule has 0 bridgehead atoms. The molecule has 1 fully saturated rings. The Morgan fingerprint density at radius 1 is 1.38 bits per heavy atom. The van der Waals surface area contributed by atoms with Crippen LogP contribution in [0.2, 0.25) is 0 Å². The van der Waals surface area contributed by atoms with Gasteiger partial charge in [0.05, 0.1) is 30.7 Å². The molecule has 0 amide bonds. The standard InChI is InChI=1S/C13H19NO2/c1-10(2)15-9-11-6-7-13(8-14-11)16-12-4-3-5-12/h6-8,10,12H,3-5,9H2,1-2H3. The van der Waals surface area contributed by atoms with Gasteiger partial charge in [0.25, 0.3) is 0 Å². The molecule has 2 rings (SSSR count). The van der Waals surface area contributed by atoms with Gasteiger partial charge in [-0.2, -0.15) is 0 Å². The van der Waals surface area contributed by atoms with Gasteiger partial charge in [-0.15, -0.1) is 0 Å². The summed E-state index contributed by atoms with van der Waals surface area (Å²) in [6, 6.07) is 3.95. The number of pyridine rings is 1. The van der Waals surface area contributed by atoms with Crippen LogP contribution < -0.4 is 4.74 Å². The van der Waals surface area contributed by atoms with Crippen LogP contribution in [0.25, 0.3) is 0 Å². The van der Waals surface area contributed by atoms with Gasteiger partial charge in [-0.1, -0.05) is 0 Å². The maximum atomic E-state index is 5.73. The van der Waals surface area contributed by atoms with Crippen molar-refractivity contribution in [3.63, 3.8) is 0 Å². The van der Waals surface area contributed by atoms with E-state index in [0.717, 1.165) is 11.4 Å². The summed E-state index contributed by atoms with van der Waals surface area (Å²) in [5.74, 6) is 0.873. The summed E-state index contributed by atoms with van der Waals surface area (Å²) in [7, 11) is 0. The molecule has 0 unspecified atom stereocenters. The smallest absolute Gasteiger partial charge is 0.138 e. The van der Waals surface area contributed by atoms with Crippen LogP contribution in [0, 0.1) is 0 Å². The molecule has 88 valence electrons. The van der Waals surface area contributed by atoms with E-state index in [9.17, 15) is 0 Å². The number of hydrogen-bond acceptors (Lipinski definition) is 3. The highest BCUT2D eigenvalue weighted by molar-refractivity contribution is 5.20. The summed E-state index contributed by atoms with van der Waals surface area (Å²) in [5.41, 5.74) is 0.953. The monoisotopic (exact) mass is 221 g/mol. The second kappa shape index (κ2) is 5.30. The van der Waals surface area contributed by atoms with Crippen LogP contribution in [-0.2, 0) is 11.3 Å². The van der Waals surface area contributed by atoms with Crippen LogP contribution in [0.5, 0.6) is 5.75 Å².